The molecule has 0 spiro atoms. The van der Waals surface area contributed by atoms with Crippen molar-refractivity contribution < 1.29 is 22.6 Å². The van der Waals surface area contributed by atoms with E-state index in [4.69, 9.17) is 28.1 Å². The van der Waals surface area contributed by atoms with Crippen molar-refractivity contribution in [3.63, 3.8) is 0 Å². The molecule has 11 heteroatoms. The first-order valence-electron chi connectivity index (χ1n) is 11.6. The van der Waals surface area contributed by atoms with Crippen LogP contribution in [-0.2, 0) is 0 Å². The van der Waals surface area contributed by atoms with Crippen molar-refractivity contribution in [2.45, 2.75) is 34.1 Å². The number of halogens is 3. The molecular weight excluding hydrogens is 527 g/mol. The van der Waals surface area contributed by atoms with Crippen LogP contribution in [0.5, 0.6) is 11.5 Å². The highest BCUT2D eigenvalue weighted by Gasteiger charge is 2.30. The molecule has 7 nitrogen and oxygen atoms in total. The molecule has 0 fully saturated rings. The Labute approximate surface area is 231 Å². The number of thiocarbonyl (C=S) groups is 1. The summed E-state index contributed by atoms with van der Waals surface area (Å²) in [5.41, 5.74) is 11.5. The first-order chi connectivity index (χ1) is 18.3. The molecule has 0 radical (unpaired) electrons. The number of ether oxygens (including phenoxy) is 2. The molecule has 0 saturated carbocycles. The van der Waals surface area contributed by atoms with Crippen LogP contribution in [0, 0.1) is 19.3 Å². The van der Waals surface area contributed by atoms with Gasteiger partial charge in [0.15, 0.2) is 0 Å². The van der Waals surface area contributed by atoms with Gasteiger partial charge in [-0.25, -0.2) is 9.98 Å². The van der Waals surface area contributed by atoms with Crippen molar-refractivity contribution in [3.05, 3.63) is 82.9 Å². The van der Waals surface area contributed by atoms with Crippen LogP contribution in [0.1, 0.15) is 36.1 Å². The third-order valence-electron chi connectivity index (χ3n) is 5.13. The van der Waals surface area contributed by atoms with Crippen molar-refractivity contribution >= 4 is 46.5 Å². The molecule has 0 aliphatic heterocycles. The summed E-state index contributed by atoms with van der Waals surface area (Å²) in [6.07, 6.45) is -3.51. The lowest BCUT2D eigenvalue weighted by molar-refractivity contribution is -0.274. The highest BCUT2D eigenvalue weighted by molar-refractivity contribution is 7.80. The van der Waals surface area contributed by atoms with E-state index in [1.54, 1.807) is 38.3 Å². The van der Waals surface area contributed by atoms with Gasteiger partial charge in [-0.3, -0.25) is 0 Å². The number of anilines is 1. The lowest BCUT2D eigenvalue weighted by Crippen LogP contribution is -2.16. The van der Waals surface area contributed by atoms with E-state index in [9.17, 15) is 13.2 Å². The molecule has 0 saturated heterocycles. The fraction of sp³-hybridized carbons (Fsp3) is 0.214. The zero-order valence-electron chi connectivity index (χ0n) is 22.2. The SMILES string of the molecule is CC(=N)c1ccc(C(N)=NC=Nc2ccc(OC(F)(F)F)cc2)cc1.COc1cc(C)c(NC(C)=S)c(C)c1. The summed E-state index contributed by atoms with van der Waals surface area (Å²) in [4.78, 5) is 8.75. The van der Waals surface area contributed by atoms with Crippen LogP contribution in [0.3, 0.4) is 0 Å². The predicted octanol–water partition coefficient (Wildman–Crippen LogP) is 7.11. The summed E-state index contributed by atoms with van der Waals surface area (Å²) in [5, 5.41) is 10.7. The highest BCUT2D eigenvalue weighted by atomic mass is 32.1. The standard InChI is InChI=1S/C17H15F3N4O.C11H15NOS/c1-11(21)12-2-4-13(5-3-12)16(22)24-10-23-14-6-8-15(9-7-14)25-17(18,19)20;1-7-5-10(13-4)6-8(2)11(7)12-9(3)14/h2-10,21H,1H3,(H2,22,23,24);5-6H,1-4H3,(H,12,14). The Morgan fingerprint density at radius 3 is 1.95 bits per heavy atom. The number of hydrogen-bond acceptors (Lipinski definition) is 5. The second-order valence-corrected chi connectivity index (χ2v) is 8.93. The quantitative estimate of drug-likeness (QED) is 0.163. The Bertz CT molecular complexity index is 1330. The van der Waals surface area contributed by atoms with Crippen molar-refractivity contribution in [2.24, 2.45) is 15.7 Å². The number of aliphatic imine (C=N–C) groups is 2. The molecule has 0 aliphatic rings. The van der Waals surface area contributed by atoms with Crippen molar-refractivity contribution in [1.29, 1.82) is 5.41 Å². The van der Waals surface area contributed by atoms with Gasteiger partial charge in [0.2, 0.25) is 0 Å². The van der Waals surface area contributed by atoms with Gasteiger partial charge in [0.05, 0.1) is 17.8 Å². The molecule has 3 aromatic rings. The average molecular weight is 558 g/mol. The van der Waals surface area contributed by atoms with E-state index < -0.39 is 6.36 Å². The van der Waals surface area contributed by atoms with Crippen molar-refractivity contribution in [3.8, 4) is 11.5 Å². The van der Waals surface area contributed by atoms with Crippen molar-refractivity contribution in [2.75, 3.05) is 12.4 Å². The van der Waals surface area contributed by atoms with E-state index in [1.807, 2.05) is 32.9 Å². The topological polar surface area (TPSA) is 105 Å². The predicted molar refractivity (Wildman–Crippen MR) is 155 cm³/mol. The molecular formula is C28H30F3N5O2S. The fourth-order valence-electron chi connectivity index (χ4n) is 3.27. The highest BCUT2D eigenvalue weighted by Crippen LogP contribution is 2.26. The first kappa shape index (κ1) is 31.0. The first-order valence-corrected chi connectivity index (χ1v) is 12.0. The molecule has 39 heavy (non-hydrogen) atoms. The van der Waals surface area contributed by atoms with Crippen molar-refractivity contribution in [1.82, 2.24) is 0 Å². The van der Waals surface area contributed by atoms with Crippen LogP contribution in [0.2, 0.25) is 0 Å². The number of hydrogen-bond donors (Lipinski definition) is 3. The molecule has 0 atom stereocenters. The third kappa shape index (κ3) is 10.6. The zero-order valence-corrected chi connectivity index (χ0v) is 23.0. The number of amidine groups is 1. The minimum atomic E-state index is -4.73. The van der Waals surface area contributed by atoms with Crippen LogP contribution in [-0.4, -0.2) is 36.3 Å². The maximum absolute atomic E-state index is 12.1. The van der Waals surface area contributed by atoms with E-state index in [2.05, 4.69) is 20.0 Å². The van der Waals surface area contributed by atoms with E-state index in [-0.39, 0.29) is 11.6 Å². The number of aryl methyl sites for hydroxylation is 2. The normalized spacial score (nSPS) is 11.4. The Balaban J connectivity index is 0.000000322. The van der Waals surface area contributed by atoms with Gasteiger partial charge in [0.25, 0.3) is 0 Å². The second-order valence-electron chi connectivity index (χ2n) is 8.32. The number of rotatable bonds is 7. The average Bonchev–Trinajstić information content (AvgIpc) is 2.86. The number of alkyl halides is 3. The second kappa shape index (κ2) is 14.1. The molecule has 0 aromatic heterocycles. The van der Waals surface area contributed by atoms with Gasteiger partial charge in [0.1, 0.15) is 23.7 Å². The van der Waals surface area contributed by atoms with Crippen LogP contribution < -0.4 is 20.5 Å². The van der Waals surface area contributed by atoms with Gasteiger partial charge < -0.3 is 25.9 Å². The summed E-state index contributed by atoms with van der Waals surface area (Å²) < 4.78 is 45.1. The molecule has 4 N–H and O–H groups in total. The van der Waals surface area contributed by atoms with Gasteiger partial charge in [-0.15, -0.1) is 13.2 Å². The minimum Gasteiger partial charge on any atom is -0.497 e. The van der Waals surface area contributed by atoms with Gasteiger partial charge in [0, 0.05) is 17.0 Å². The summed E-state index contributed by atoms with van der Waals surface area (Å²) in [6.45, 7) is 7.63. The Morgan fingerprint density at radius 1 is 0.949 bits per heavy atom. The minimum absolute atomic E-state index is 0.231. The van der Waals surface area contributed by atoms with E-state index in [0.29, 0.717) is 17.0 Å². The zero-order chi connectivity index (χ0) is 29.2. The summed E-state index contributed by atoms with van der Waals surface area (Å²) >= 11 is 5.02. The lowest BCUT2D eigenvalue weighted by Gasteiger charge is -2.13. The van der Waals surface area contributed by atoms with Gasteiger partial charge >= 0.3 is 6.36 Å². The van der Waals surface area contributed by atoms with Crippen LogP contribution >= 0.6 is 12.2 Å². The Morgan fingerprint density at radius 2 is 1.49 bits per heavy atom. The van der Waals surface area contributed by atoms with Gasteiger partial charge in [-0.1, -0.05) is 36.5 Å². The fourth-order valence-corrected chi connectivity index (χ4v) is 3.37. The maximum Gasteiger partial charge on any atom is 0.573 e. The Hall–Kier alpha value is -4.25. The number of nitrogens with zero attached hydrogens (tertiary/aromatic N) is 2. The summed E-state index contributed by atoms with van der Waals surface area (Å²) in [7, 11) is 1.67. The van der Waals surface area contributed by atoms with E-state index >= 15 is 0 Å². The number of nitrogens with two attached hydrogens (primary N) is 1. The molecule has 3 aromatic carbocycles. The van der Waals surface area contributed by atoms with Crippen LogP contribution in [0.25, 0.3) is 0 Å². The van der Waals surface area contributed by atoms with Crippen LogP contribution in [0.15, 0.2) is 70.6 Å². The molecule has 3 rings (SSSR count). The number of benzene rings is 3. The maximum atomic E-state index is 12.1. The summed E-state index contributed by atoms with van der Waals surface area (Å²) in [5.74, 6) is 0.790. The largest absolute Gasteiger partial charge is 0.573 e. The van der Waals surface area contributed by atoms with Gasteiger partial charge in [-0.05, 0) is 80.8 Å². The molecule has 0 heterocycles. The number of nitrogens with one attached hydrogen (secondary N) is 2. The van der Waals surface area contributed by atoms with E-state index in [0.717, 1.165) is 45.2 Å². The monoisotopic (exact) mass is 557 g/mol. The molecule has 0 aliphatic carbocycles. The molecule has 206 valence electrons. The van der Waals surface area contributed by atoms with Crippen LogP contribution in [0.4, 0.5) is 24.5 Å². The third-order valence-corrected chi connectivity index (χ3v) is 5.23. The summed E-state index contributed by atoms with van der Waals surface area (Å²) in [6, 6.07) is 16.0. The van der Waals surface area contributed by atoms with Gasteiger partial charge in [-0.2, -0.15) is 0 Å². The number of methoxy groups -OCH3 is 1. The molecule has 0 amide bonds. The molecule has 0 unspecified atom stereocenters. The molecule has 0 bridgehead atoms. The van der Waals surface area contributed by atoms with E-state index in [1.165, 1.54) is 18.5 Å². The Kier molecular flexibility index (Phi) is 11.2. The lowest BCUT2D eigenvalue weighted by atomic mass is 10.1. The smallest absolute Gasteiger partial charge is 0.497 e.